The molecule has 26 heavy (non-hydrogen) atoms. The second-order valence-electron chi connectivity index (χ2n) is 5.43. The summed E-state index contributed by atoms with van der Waals surface area (Å²) < 4.78 is 7.82. The summed E-state index contributed by atoms with van der Waals surface area (Å²) in [6.07, 6.45) is 3.50. The van der Waals surface area contributed by atoms with Gasteiger partial charge in [0, 0.05) is 24.5 Å². The molecule has 0 atom stereocenters. The van der Waals surface area contributed by atoms with Crippen molar-refractivity contribution in [2.75, 3.05) is 5.32 Å². The normalized spacial score (nSPS) is 11.2. The summed E-state index contributed by atoms with van der Waals surface area (Å²) in [5.74, 6) is 0.888. The second-order valence-corrected chi connectivity index (χ2v) is 5.43. The van der Waals surface area contributed by atoms with Crippen LogP contribution < -0.4 is 10.1 Å². The number of nitrogens with one attached hydrogen (secondary N) is 2. The van der Waals surface area contributed by atoms with Gasteiger partial charge in [-0.1, -0.05) is 12.1 Å². The van der Waals surface area contributed by atoms with Crippen LogP contribution in [0.5, 0.6) is 5.75 Å². The van der Waals surface area contributed by atoms with E-state index in [1.54, 1.807) is 0 Å². The van der Waals surface area contributed by atoms with Crippen molar-refractivity contribution >= 4 is 11.3 Å². The van der Waals surface area contributed by atoms with Gasteiger partial charge >= 0.3 is 0 Å². The number of hydrogen-bond acceptors (Lipinski definition) is 7. The fourth-order valence-electron chi connectivity index (χ4n) is 2.30. The van der Waals surface area contributed by atoms with Gasteiger partial charge in [0.05, 0.1) is 11.4 Å². The Morgan fingerprint density at radius 3 is 2.96 bits per heavy atom. The predicted molar refractivity (Wildman–Crippen MR) is 94.8 cm³/mol. The van der Waals surface area contributed by atoms with Crippen LogP contribution in [0.2, 0.25) is 0 Å². The van der Waals surface area contributed by atoms with Crippen LogP contribution in [0.3, 0.4) is 0 Å². The number of allylic oxidation sites excluding steroid dienone is 1. The molecule has 0 fully saturated rings. The van der Waals surface area contributed by atoms with Crippen LogP contribution >= 0.6 is 0 Å². The highest BCUT2D eigenvalue weighted by atomic mass is 16.5. The van der Waals surface area contributed by atoms with Crippen molar-refractivity contribution in [3.63, 3.8) is 0 Å². The lowest BCUT2D eigenvalue weighted by molar-refractivity contribution is 0.307. The Kier molecular flexibility index (Phi) is 5.24. The van der Waals surface area contributed by atoms with E-state index in [1.807, 2.05) is 55.1 Å². The molecule has 0 saturated carbocycles. The van der Waals surface area contributed by atoms with Gasteiger partial charge in [-0.05, 0) is 31.2 Å². The van der Waals surface area contributed by atoms with E-state index in [1.165, 1.54) is 6.20 Å². The second kappa shape index (κ2) is 7.94. The first-order chi connectivity index (χ1) is 12.7. The Balaban J connectivity index is 1.74. The number of H-pyrrole nitrogens is 1. The zero-order chi connectivity index (χ0) is 18.4. The van der Waals surface area contributed by atoms with Crippen molar-refractivity contribution in [1.82, 2.24) is 30.4 Å². The summed E-state index contributed by atoms with van der Waals surface area (Å²) in [5.41, 5.74) is 2.96. The van der Waals surface area contributed by atoms with Gasteiger partial charge in [0.1, 0.15) is 24.0 Å². The molecule has 0 aliphatic heterocycles. The number of para-hydroxylation sites is 2. The first-order valence-electron chi connectivity index (χ1n) is 8.06. The van der Waals surface area contributed by atoms with Gasteiger partial charge in [-0.15, -0.1) is 10.2 Å². The molecule has 2 heterocycles. The van der Waals surface area contributed by atoms with E-state index >= 15 is 0 Å². The van der Waals surface area contributed by atoms with Gasteiger partial charge in [-0.25, -0.2) is 0 Å². The fourth-order valence-corrected chi connectivity index (χ4v) is 2.30. The first-order valence-corrected chi connectivity index (χ1v) is 8.06. The maximum absolute atomic E-state index is 9.23. The molecular weight excluding hydrogens is 332 g/mol. The smallest absolute Gasteiger partial charge is 0.216 e. The van der Waals surface area contributed by atoms with Gasteiger partial charge in [0.25, 0.3) is 0 Å². The SMILES string of the molecule is CCn1cc(COc2ccccc2NC=C(C#N)c2nn[nH]n2)c(C)n1. The van der Waals surface area contributed by atoms with E-state index in [0.29, 0.717) is 12.4 Å². The fraction of sp³-hybridized carbons (Fsp3) is 0.235. The minimum absolute atomic E-state index is 0.223. The number of tetrazole rings is 1. The average molecular weight is 350 g/mol. The van der Waals surface area contributed by atoms with Crippen molar-refractivity contribution in [2.24, 2.45) is 0 Å². The quantitative estimate of drug-likeness (QED) is 0.628. The van der Waals surface area contributed by atoms with Crippen molar-refractivity contribution in [1.29, 1.82) is 5.26 Å². The monoisotopic (exact) mass is 350 g/mol. The third-order valence-corrected chi connectivity index (χ3v) is 3.72. The van der Waals surface area contributed by atoms with Gasteiger partial charge in [-0.2, -0.15) is 15.6 Å². The largest absolute Gasteiger partial charge is 0.487 e. The predicted octanol–water partition coefficient (Wildman–Crippen LogP) is 2.28. The Hall–Kier alpha value is -3.67. The summed E-state index contributed by atoms with van der Waals surface area (Å²) in [7, 11) is 0. The summed E-state index contributed by atoms with van der Waals surface area (Å²) in [4.78, 5) is 0. The lowest BCUT2D eigenvalue weighted by Gasteiger charge is -2.11. The van der Waals surface area contributed by atoms with Crippen LogP contribution in [0, 0.1) is 18.3 Å². The third kappa shape index (κ3) is 3.87. The first kappa shape index (κ1) is 17.2. The Morgan fingerprint density at radius 2 is 2.27 bits per heavy atom. The average Bonchev–Trinajstić information content (AvgIpc) is 3.31. The van der Waals surface area contributed by atoms with Crippen LogP contribution in [-0.4, -0.2) is 30.4 Å². The highest BCUT2D eigenvalue weighted by Gasteiger charge is 2.09. The lowest BCUT2D eigenvalue weighted by atomic mass is 10.2. The number of nitriles is 1. The van der Waals surface area contributed by atoms with Gasteiger partial charge < -0.3 is 10.1 Å². The number of nitrogens with zero attached hydrogens (tertiary/aromatic N) is 6. The molecule has 0 amide bonds. The van der Waals surface area contributed by atoms with Crippen LogP contribution in [-0.2, 0) is 13.2 Å². The third-order valence-electron chi connectivity index (χ3n) is 3.72. The van der Waals surface area contributed by atoms with Crippen LogP contribution in [0.1, 0.15) is 24.0 Å². The van der Waals surface area contributed by atoms with E-state index < -0.39 is 0 Å². The minimum atomic E-state index is 0.223. The maximum Gasteiger partial charge on any atom is 0.216 e. The van der Waals surface area contributed by atoms with E-state index in [0.717, 1.165) is 23.5 Å². The summed E-state index contributed by atoms with van der Waals surface area (Å²) in [5, 5.41) is 30.1. The zero-order valence-corrected chi connectivity index (χ0v) is 14.5. The Morgan fingerprint density at radius 1 is 1.42 bits per heavy atom. The molecule has 0 unspecified atom stereocenters. The molecule has 0 bridgehead atoms. The molecule has 2 N–H and O–H groups in total. The molecule has 9 heteroatoms. The highest BCUT2D eigenvalue weighted by molar-refractivity contribution is 5.74. The molecule has 0 radical (unpaired) electrons. The molecule has 0 aliphatic rings. The van der Waals surface area contributed by atoms with Gasteiger partial charge in [0.2, 0.25) is 5.82 Å². The van der Waals surface area contributed by atoms with Crippen LogP contribution in [0.4, 0.5) is 5.69 Å². The maximum atomic E-state index is 9.23. The number of hydrogen-bond donors (Lipinski definition) is 2. The van der Waals surface area contributed by atoms with Crippen molar-refractivity contribution in [2.45, 2.75) is 27.0 Å². The minimum Gasteiger partial charge on any atom is -0.487 e. The van der Waals surface area contributed by atoms with Crippen molar-refractivity contribution in [3.05, 3.63) is 53.7 Å². The van der Waals surface area contributed by atoms with E-state index in [-0.39, 0.29) is 11.4 Å². The van der Waals surface area contributed by atoms with Crippen molar-refractivity contribution in [3.8, 4) is 11.8 Å². The molecule has 3 rings (SSSR count). The standard InChI is InChI=1S/C17H18N8O/c1-3-25-10-14(12(2)22-25)11-26-16-7-5-4-6-15(16)19-9-13(8-18)17-20-23-24-21-17/h4-7,9-10,19H,3,11H2,1-2H3,(H,20,21,23,24). The van der Waals surface area contributed by atoms with Gasteiger partial charge in [0.15, 0.2) is 0 Å². The number of rotatable bonds is 7. The van der Waals surface area contributed by atoms with Crippen LogP contribution in [0.25, 0.3) is 5.57 Å². The molecule has 3 aromatic rings. The van der Waals surface area contributed by atoms with Crippen molar-refractivity contribution < 1.29 is 4.74 Å². The Bertz CT molecular complexity index is 936. The van der Waals surface area contributed by atoms with E-state index in [9.17, 15) is 5.26 Å². The topological polar surface area (TPSA) is 117 Å². The molecule has 2 aromatic heterocycles. The van der Waals surface area contributed by atoms with E-state index in [2.05, 4.69) is 31.0 Å². The van der Waals surface area contributed by atoms with Gasteiger partial charge in [-0.3, -0.25) is 4.68 Å². The summed E-state index contributed by atoms with van der Waals surface area (Å²) >= 11 is 0. The Labute approximate surface area is 150 Å². The number of aromatic amines is 1. The van der Waals surface area contributed by atoms with Crippen LogP contribution in [0.15, 0.2) is 36.7 Å². The summed E-state index contributed by atoms with van der Waals surface area (Å²) in [6.45, 7) is 5.22. The molecular formula is C17H18N8O. The number of aryl methyl sites for hydroxylation is 2. The molecule has 0 aliphatic carbocycles. The lowest BCUT2D eigenvalue weighted by Crippen LogP contribution is -2.00. The summed E-state index contributed by atoms with van der Waals surface area (Å²) in [6, 6.07) is 9.51. The molecule has 132 valence electrons. The number of ether oxygens (including phenoxy) is 1. The number of anilines is 1. The van der Waals surface area contributed by atoms with E-state index in [4.69, 9.17) is 4.74 Å². The molecule has 0 spiro atoms. The molecule has 1 aromatic carbocycles. The molecule has 9 nitrogen and oxygen atoms in total. The number of benzene rings is 1. The zero-order valence-electron chi connectivity index (χ0n) is 14.5. The molecule has 0 saturated heterocycles. The highest BCUT2D eigenvalue weighted by Crippen LogP contribution is 2.25. The number of aromatic nitrogens is 6.